The van der Waals surface area contributed by atoms with Crippen molar-refractivity contribution in [3.8, 4) is 0 Å². The van der Waals surface area contributed by atoms with Crippen LogP contribution in [0, 0.1) is 11.8 Å². The molecule has 0 aromatic carbocycles. The summed E-state index contributed by atoms with van der Waals surface area (Å²) in [6, 6.07) is 0.202. The summed E-state index contributed by atoms with van der Waals surface area (Å²) in [5.74, 6) is 1.44. The average molecular weight is 229 g/mol. The number of hydrogen-bond acceptors (Lipinski definition) is 3. The normalized spacial score (nSPS) is 22.3. The molecule has 1 saturated carbocycles. The van der Waals surface area contributed by atoms with E-state index in [-0.39, 0.29) is 19.3 Å². The van der Waals surface area contributed by atoms with E-state index in [1.54, 1.807) is 0 Å². The summed E-state index contributed by atoms with van der Waals surface area (Å²) < 4.78 is 0. The van der Waals surface area contributed by atoms with Gasteiger partial charge >= 0.3 is 0 Å². The lowest BCUT2D eigenvalue weighted by atomic mass is 9.78. The first-order valence-electron chi connectivity index (χ1n) is 6.66. The molecule has 0 saturated heterocycles. The van der Waals surface area contributed by atoms with Crippen molar-refractivity contribution in [3.05, 3.63) is 0 Å². The molecule has 3 N–H and O–H groups in total. The third-order valence-corrected chi connectivity index (χ3v) is 4.12. The topological polar surface area (TPSA) is 52.5 Å². The Morgan fingerprint density at radius 1 is 1.06 bits per heavy atom. The Morgan fingerprint density at radius 2 is 1.62 bits per heavy atom. The Labute approximate surface area is 99.3 Å². The maximum atomic E-state index is 9.04. The summed E-state index contributed by atoms with van der Waals surface area (Å²) >= 11 is 0. The summed E-state index contributed by atoms with van der Waals surface area (Å²) in [6.45, 7) is 4.48. The van der Waals surface area contributed by atoms with Gasteiger partial charge in [0.1, 0.15) is 0 Å². The van der Waals surface area contributed by atoms with Crippen LogP contribution >= 0.6 is 0 Å². The zero-order valence-electron chi connectivity index (χ0n) is 10.7. The van der Waals surface area contributed by atoms with Gasteiger partial charge in [-0.1, -0.05) is 39.0 Å². The van der Waals surface area contributed by atoms with E-state index < -0.39 is 0 Å². The first-order chi connectivity index (χ1) is 7.69. The lowest BCUT2D eigenvalue weighted by molar-refractivity contribution is 0.140. The number of nitrogens with one attached hydrogen (secondary N) is 1. The molecule has 0 aromatic heterocycles. The second-order valence-electron chi connectivity index (χ2n) is 5.27. The van der Waals surface area contributed by atoms with Crippen LogP contribution in [0.25, 0.3) is 0 Å². The van der Waals surface area contributed by atoms with E-state index in [4.69, 9.17) is 10.2 Å². The van der Waals surface area contributed by atoms with Gasteiger partial charge < -0.3 is 15.5 Å². The maximum absolute atomic E-state index is 9.04. The molecule has 0 radical (unpaired) electrons. The minimum absolute atomic E-state index is 0.0121. The summed E-state index contributed by atoms with van der Waals surface area (Å²) in [5, 5.41) is 21.4. The molecule has 1 fully saturated rings. The molecule has 0 aromatic rings. The molecule has 1 aliphatic rings. The second-order valence-corrected chi connectivity index (χ2v) is 5.27. The Bertz CT molecular complexity index is 177. The summed E-state index contributed by atoms with van der Waals surface area (Å²) in [6.07, 6.45) is 6.81. The molecular weight excluding hydrogens is 202 g/mol. The molecule has 2 unspecified atom stereocenters. The van der Waals surface area contributed by atoms with Gasteiger partial charge in [-0.05, 0) is 18.8 Å². The molecular formula is C13H27NO2. The zero-order valence-corrected chi connectivity index (χ0v) is 10.7. The number of rotatable bonds is 6. The van der Waals surface area contributed by atoms with E-state index in [9.17, 15) is 0 Å². The maximum Gasteiger partial charge on any atom is 0.0607 e. The number of aliphatic hydroxyl groups is 2. The predicted octanol–water partition coefficient (Wildman–Crippen LogP) is 1.53. The number of aliphatic hydroxyl groups excluding tert-OH is 2. The highest BCUT2D eigenvalue weighted by molar-refractivity contribution is 4.80. The van der Waals surface area contributed by atoms with Gasteiger partial charge in [-0.2, -0.15) is 0 Å². The van der Waals surface area contributed by atoms with Gasteiger partial charge in [0.2, 0.25) is 0 Å². The van der Waals surface area contributed by atoms with Crippen LogP contribution in [0.1, 0.15) is 46.0 Å². The Kier molecular flexibility index (Phi) is 6.32. The zero-order chi connectivity index (χ0) is 12.0. The van der Waals surface area contributed by atoms with Crippen LogP contribution in [0.5, 0.6) is 0 Å². The molecule has 3 heteroatoms. The summed E-state index contributed by atoms with van der Waals surface area (Å²) in [4.78, 5) is 0. The van der Waals surface area contributed by atoms with Gasteiger partial charge in [0.05, 0.1) is 19.3 Å². The van der Waals surface area contributed by atoms with Crippen LogP contribution < -0.4 is 5.32 Å². The molecule has 0 bridgehead atoms. The van der Waals surface area contributed by atoms with Crippen molar-refractivity contribution in [2.24, 2.45) is 11.8 Å². The van der Waals surface area contributed by atoms with Gasteiger partial charge in [0.15, 0.2) is 0 Å². The molecule has 16 heavy (non-hydrogen) atoms. The van der Waals surface area contributed by atoms with Crippen molar-refractivity contribution < 1.29 is 10.2 Å². The summed E-state index contributed by atoms with van der Waals surface area (Å²) in [5.41, 5.74) is 0. The highest BCUT2D eigenvalue weighted by Crippen LogP contribution is 2.31. The summed E-state index contributed by atoms with van der Waals surface area (Å²) in [7, 11) is 0. The Balaban J connectivity index is 2.36. The molecule has 1 aliphatic carbocycles. The standard InChI is InChI=1S/C13H27NO2/c1-10(12-6-4-3-5-7-12)11(2)14-13(8-15)9-16/h10-16H,3-9H2,1-2H3. The van der Waals surface area contributed by atoms with Crippen molar-refractivity contribution in [2.75, 3.05) is 13.2 Å². The van der Waals surface area contributed by atoms with Gasteiger partial charge in [-0.15, -0.1) is 0 Å². The molecule has 0 aliphatic heterocycles. The van der Waals surface area contributed by atoms with E-state index in [2.05, 4.69) is 19.2 Å². The fraction of sp³-hybridized carbons (Fsp3) is 1.00. The van der Waals surface area contributed by atoms with Crippen LogP contribution in [0.3, 0.4) is 0 Å². The van der Waals surface area contributed by atoms with Gasteiger partial charge in [0, 0.05) is 6.04 Å². The third kappa shape index (κ3) is 4.04. The van der Waals surface area contributed by atoms with Crippen LogP contribution in [-0.2, 0) is 0 Å². The van der Waals surface area contributed by atoms with Crippen molar-refractivity contribution in [3.63, 3.8) is 0 Å². The predicted molar refractivity (Wildman–Crippen MR) is 66.3 cm³/mol. The van der Waals surface area contributed by atoms with Gasteiger partial charge in [0.25, 0.3) is 0 Å². The molecule has 2 atom stereocenters. The smallest absolute Gasteiger partial charge is 0.0607 e. The second kappa shape index (κ2) is 7.25. The van der Waals surface area contributed by atoms with Crippen LogP contribution in [0.15, 0.2) is 0 Å². The van der Waals surface area contributed by atoms with Crippen LogP contribution in [0.2, 0.25) is 0 Å². The van der Waals surface area contributed by atoms with Crippen molar-refractivity contribution >= 4 is 0 Å². The van der Waals surface area contributed by atoms with E-state index in [0.29, 0.717) is 12.0 Å². The highest BCUT2D eigenvalue weighted by Gasteiger charge is 2.25. The molecule has 1 rings (SSSR count). The van der Waals surface area contributed by atoms with Crippen LogP contribution in [0.4, 0.5) is 0 Å². The Morgan fingerprint density at radius 3 is 2.12 bits per heavy atom. The quantitative estimate of drug-likeness (QED) is 0.647. The van der Waals surface area contributed by atoms with E-state index in [1.165, 1.54) is 32.1 Å². The first kappa shape index (κ1) is 13.9. The minimum Gasteiger partial charge on any atom is -0.395 e. The highest BCUT2D eigenvalue weighted by atomic mass is 16.3. The molecule has 0 amide bonds. The lowest BCUT2D eigenvalue weighted by Crippen LogP contribution is -2.46. The third-order valence-electron chi connectivity index (χ3n) is 4.12. The van der Waals surface area contributed by atoms with E-state index >= 15 is 0 Å². The SMILES string of the molecule is CC(NC(CO)CO)C(C)C1CCCCC1. The number of hydrogen-bond donors (Lipinski definition) is 3. The fourth-order valence-corrected chi connectivity index (χ4v) is 2.75. The van der Waals surface area contributed by atoms with E-state index in [1.807, 2.05) is 0 Å². The van der Waals surface area contributed by atoms with Crippen molar-refractivity contribution in [1.29, 1.82) is 0 Å². The molecule has 3 nitrogen and oxygen atoms in total. The van der Waals surface area contributed by atoms with Crippen LogP contribution in [-0.4, -0.2) is 35.5 Å². The minimum atomic E-state index is -0.166. The largest absolute Gasteiger partial charge is 0.395 e. The van der Waals surface area contributed by atoms with Gasteiger partial charge in [-0.3, -0.25) is 0 Å². The Hall–Kier alpha value is -0.120. The van der Waals surface area contributed by atoms with Crippen molar-refractivity contribution in [2.45, 2.75) is 58.0 Å². The lowest BCUT2D eigenvalue weighted by Gasteiger charge is -2.33. The molecule has 96 valence electrons. The van der Waals surface area contributed by atoms with Gasteiger partial charge in [-0.25, -0.2) is 0 Å². The van der Waals surface area contributed by atoms with E-state index in [0.717, 1.165) is 5.92 Å². The molecule has 0 spiro atoms. The fourth-order valence-electron chi connectivity index (χ4n) is 2.75. The first-order valence-corrected chi connectivity index (χ1v) is 6.66. The average Bonchev–Trinajstić information content (AvgIpc) is 2.35. The molecule has 0 heterocycles. The monoisotopic (exact) mass is 229 g/mol. The van der Waals surface area contributed by atoms with Crippen molar-refractivity contribution in [1.82, 2.24) is 5.32 Å².